The van der Waals surface area contributed by atoms with Gasteiger partial charge in [-0.3, -0.25) is 0 Å². The SMILES string of the molecule is O=S(=O)(NC[C@@H]1CCc2nccn2C1)c1cc(C(F)(F)F)ccc1Cl. The number of nitrogens with one attached hydrogen (secondary N) is 1. The van der Waals surface area contributed by atoms with Crippen molar-refractivity contribution < 1.29 is 21.6 Å². The first kappa shape index (κ1) is 18.2. The molecule has 3 rings (SSSR count). The third kappa shape index (κ3) is 3.99. The minimum absolute atomic E-state index is 0.0287. The minimum Gasteiger partial charge on any atom is -0.335 e. The van der Waals surface area contributed by atoms with Crippen LogP contribution in [0.5, 0.6) is 0 Å². The molecule has 0 aliphatic carbocycles. The second kappa shape index (κ2) is 6.62. The Hall–Kier alpha value is -1.58. The molecule has 0 amide bonds. The number of aromatic nitrogens is 2. The van der Waals surface area contributed by atoms with Gasteiger partial charge in [0.25, 0.3) is 0 Å². The third-order valence-electron chi connectivity index (χ3n) is 4.14. The lowest BCUT2D eigenvalue weighted by molar-refractivity contribution is -0.137. The van der Waals surface area contributed by atoms with Crippen molar-refractivity contribution in [2.24, 2.45) is 5.92 Å². The molecular weight excluding hydrogens is 379 g/mol. The van der Waals surface area contributed by atoms with Gasteiger partial charge in [-0.2, -0.15) is 13.2 Å². The number of alkyl halides is 3. The zero-order valence-corrected chi connectivity index (χ0v) is 14.5. The molecule has 1 aromatic carbocycles. The van der Waals surface area contributed by atoms with Crippen molar-refractivity contribution >= 4 is 21.6 Å². The highest BCUT2D eigenvalue weighted by Gasteiger charge is 2.33. The molecule has 0 radical (unpaired) electrons. The van der Waals surface area contributed by atoms with E-state index in [1.165, 1.54) is 0 Å². The Balaban J connectivity index is 1.74. The summed E-state index contributed by atoms with van der Waals surface area (Å²) in [6, 6.07) is 2.25. The molecule has 0 fully saturated rings. The topological polar surface area (TPSA) is 64.0 Å². The van der Waals surface area contributed by atoms with E-state index in [2.05, 4.69) is 9.71 Å². The molecule has 0 bridgehead atoms. The summed E-state index contributed by atoms with van der Waals surface area (Å²) in [4.78, 5) is 3.63. The van der Waals surface area contributed by atoms with Crippen LogP contribution in [0.2, 0.25) is 5.02 Å². The Bertz CT molecular complexity index is 880. The van der Waals surface area contributed by atoms with E-state index in [9.17, 15) is 21.6 Å². The Kier molecular flexibility index (Phi) is 4.82. The summed E-state index contributed by atoms with van der Waals surface area (Å²) in [7, 11) is -4.14. The summed E-state index contributed by atoms with van der Waals surface area (Å²) in [5.74, 6) is 0.973. The van der Waals surface area contributed by atoms with E-state index in [4.69, 9.17) is 11.6 Å². The van der Waals surface area contributed by atoms with Gasteiger partial charge >= 0.3 is 6.18 Å². The molecule has 2 heterocycles. The van der Waals surface area contributed by atoms with E-state index < -0.39 is 26.7 Å². The van der Waals surface area contributed by atoms with Crippen molar-refractivity contribution in [3.05, 3.63) is 47.0 Å². The summed E-state index contributed by atoms with van der Waals surface area (Å²) in [5.41, 5.74) is -1.06. The predicted molar refractivity (Wildman–Crippen MR) is 85.7 cm³/mol. The first-order chi connectivity index (χ1) is 11.7. The molecule has 136 valence electrons. The smallest absolute Gasteiger partial charge is 0.335 e. The van der Waals surface area contributed by atoms with Gasteiger partial charge in [0.2, 0.25) is 10.0 Å². The van der Waals surface area contributed by atoms with Gasteiger partial charge in [-0.15, -0.1) is 0 Å². The zero-order chi connectivity index (χ0) is 18.2. The van der Waals surface area contributed by atoms with Crippen LogP contribution in [-0.2, 0) is 29.2 Å². The predicted octanol–water partition coefficient (Wildman–Crippen LogP) is 3.10. The number of rotatable bonds is 4. The van der Waals surface area contributed by atoms with E-state index in [0.717, 1.165) is 30.8 Å². The van der Waals surface area contributed by atoms with Crippen LogP contribution in [0.25, 0.3) is 0 Å². The highest BCUT2D eigenvalue weighted by molar-refractivity contribution is 7.89. The molecular formula is C15H15ClF3N3O2S. The minimum atomic E-state index is -4.64. The molecule has 2 aromatic rings. The Labute approximate surface area is 147 Å². The number of benzene rings is 1. The largest absolute Gasteiger partial charge is 0.416 e. The maximum absolute atomic E-state index is 12.8. The van der Waals surface area contributed by atoms with E-state index in [-0.39, 0.29) is 17.5 Å². The Morgan fingerprint density at radius 1 is 1.36 bits per heavy atom. The molecule has 0 saturated carbocycles. The number of halogens is 4. The van der Waals surface area contributed by atoms with Crippen LogP contribution in [0.4, 0.5) is 13.2 Å². The van der Waals surface area contributed by atoms with Gasteiger partial charge in [-0.25, -0.2) is 18.1 Å². The molecule has 1 atom stereocenters. The normalized spacial score (nSPS) is 18.2. The highest BCUT2D eigenvalue weighted by atomic mass is 35.5. The number of imidazole rings is 1. The Morgan fingerprint density at radius 2 is 2.12 bits per heavy atom. The fourth-order valence-corrected chi connectivity index (χ4v) is 4.43. The van der Waals surface area contributed by atoms with Crippen molar-refractivity contribution in [1.29, 1.82) is 0 Å². The van der Waals surface area contributed by atoms with E-state index in [1.54, 1.807) is 6.20 Å². The molecule has 1 aliphatic heterocycles. The van der Waals surface area contributed by atoms with Gasteiger partial charge in [-0.05, 0) is 30.5 Å². The molecule has 0 spiro atoms. The van der Waals surface area contributed by atoms with Crippen LogP contribution in [0, 0.1) is 5.92 Å². The molecule has 25 heavy (non-hydrogen) atoms. The Morgan fingerprint density at radius 3 is 2.84 bits per heavy atom. The van der Waals surface area contributed by atoms with Crippen molar-refractivity contribution in [2.45, 2.75) is 30.5 Å². The molecule has 5 nitrogen and oxygen atoms in total. The van der Waals surface area contributed by atoms with Crippen molar-refractivity contribution in [2.75, 3.05) is 6.54 Å². The molecule has 10 heteroatoms. The molecule has 1 aromatic heterocycles. The molecule has 0 unspecified atom stereocenters. The van der Waals surface area contributed by atoms with Crippen molar-refractivity contribution in [3.63, 3.8) is 0 Å². The number of fused-ring (bicyclic) bond motifs is 1. The van der Waals surface area contributed by atoms with Crippen molar-refractivity contribution in [3.8, 4) is 0 Å². The zero-order valence-electron chi connectivity index (χ0n) is 12.9. The summed E-state index contributed by atoms with van der Waals surface area (Å²) < 4.78 is 67.5. The van der Waals surface area contributed by atoms with Crippen LogP contribution in [0.1, 0.15) is 17.8 Å². The second-order valence-electron chi connectivity index (χ2n) is 5.90. The van der Waals surface area contributed by atoms with E-state index in [1.807, 2.05) is 10.8 Å². The van der Waals surface area contributed by atoms with E-state index in [0.29, 0.717) is 12.6 Å². The summed E-state index contributed by atoms with van der Waals surface area (Å²) in [5, 5.41) is -0.249. The van der Waals surface area contributed by atoms with Crippen molar-refractivity contribution in [1.82, 2.24) is 14.3 Å². The number of hydrogen-bond donors (Lipinski definition) is 1. The maximum Gasteiger partial charge on any atom is 0.416 e. The van der Waals surface area contributed by atoms with Gasteiger partial charge in [0, 0.05) is 31.9 Å². The highest BCUT2D eigenvalue weighted by Crippen LogP contribution is 2.33. The third-order valence-corrected chi connectivity index (χ3v) is 6.05. The van der Waals surface area contributed by atoms with Crippen LogP contribution in [-0.4, -0.2) is 24.5 Å². The lowest BCUT2D eigenvalue weighted by Crippen LogP contribution is -2.34. The van der Waals surface area contributed by atoms with Gasteiger partial charge in [-0.1, -0.05) is 11.6 Å². The van der Waals surface area contributed by atoms with Gasteiger partial charge in [0.1, 0.15) is 10.7 Å². The fraction of sp³-hybridized carbons (Fsp3) is 0.400. The summed E-state index contributed by atoms with van der Waals surface area (Å²) in [6.45, 7) is 0.723. The monoisotopic (exact) mass is 393 g/mol. The molecule has 1 aliphatic rings. The van der Waals surface area contributed by atoms with Gasteiger partial charge < -0.3 is 4.57 Å². The fourth-order valence-electron chi connectivity index (χ4n) is 2.79. The number of aryl methyl sites for hydroxylation is 1. The number of sulfonamides is 1. The van der Waals surface area contributed by atoms with Crippen LogP contribution >= 0.6 is 11.6 Å². The maximum atomic E-state index is 12.8. The molecule has 0 saturated heterocycles. The lowest BCUT2D eigenvalue weighted by Gasteiger charge is -2.24. The van der Waals surface area contributed by atoms with Crippen LogP contribution in [0.3, 0.4) is 0 Å². The first-order valence-electron chi connectivity index (χ1n) is 7.53. The van der Waals surface area contributed by atoms with E-state index >= 15 is 0 Å². The molecule has 1 N–H and O–H groups in total. The number of nitrogens with zero attached hydrogens (tertiary/aromatic N) is 2. The average Bonchev–Trinajstić information content (AvgIpc) is 2.99. The van der Waals surface area contributed by atoms with Crippen LogP contribution in [0.15, 0.2) is 35.5 Å². The second-order valence-corrected chi connectivity index (χ2v) is 8.04. The quantitative estimate of drug-likeness (QED) is 0.868. The first-order valence-corrected chi connectivity index (χ1v) is 9.39. The van der Waals surface area contributed by atoms with Gasteiger partial charge in [0.15, 0.2) is 0 Å². The number of hydrogen-bond acceptors (Lipinski definition) is 3. The standard InChI is InChI=1S/C15H15ClF3N3O2S/c16-12-3-2-11(15(17,18)19)7-13(12)25(23,24)21-8-10-1-4-14-20-5-6-22(14)9-10/h2-3,5-7,10,21H,1,4,8-9H2/t10-/m0/s1. The van der Waals surface area contributed by atoms with Crippen LogP contribution < -0.4 is 4.72 Å². The summed E-state index contributed by atoms with van der Waals surface area (Å²) in [6.07, 6.45) is 0.333. The lowest BCUT2D eigenvalue weighted by atomic mass is 10.00. The van der Waals surface area contributed by atoms with Gasteiger partial charge in [0.05, 0.1) is 10.6 Å². The average molecular weight is 394 g/mol. The summed E-state index contributed by atoms with van der Waals surface area (Å²) >= 11 is 5.81.